The maximum absolute atomic E-state index is 12.4. The van der Waals surface area contributed by atoms with E-state index in [4.69, 9.17) is 0 Å². The van der Waals surface area contributed by atoms with Crippen LogP contribution < -0.4 is 4.74 Å². The van der Waals surface area contributed by atoms with E-state index in [9.17, 15) is 26.3 Å². The highest BCUT2D eigenvalue weighted by Gasteiger charge is 2.35. The van der Waals surface area contributed by atoms with Crippen molar-refractivity contribution in [2.24, 2.45) is 0 Å². The molecule has 1 rings (SSSR count). The van der Waals surface area contributed by atoms with Crippen molar-refractivity contribution in [2.75, 3.05) is 0 Å². The fourth-order valence-electron chi connectivity index (χ4n) is 0.625. The third-order valence-electron chi connectivity index (χ3n) is 1.05. The minimum Gasteiger partial charge on any atom is -0.385 e. The molecule has 0 unspecified atom stereocenters. The summed E-state index contributed by atoms with van der Waals surface area (Å²) in [6.45, 7) is -3.44. The Hall–Kier alpha value is -1.41. The second-order valence-corrected chi connectivity index (χ2v) is 2.00. The van der Waals surface area contributed by atoms with Crippen LogP contribution in [-0.4, -0.2) is 16.1 Å². The van der Waals surface area contributed by atoms with Crippen molar-refractivity contribution in [2.45, 2.75) is 12.9 Å². The Kier molecular flexibility index (Phi) is 2.58. The summed E-state index contributed by atoms with van der Waals surface area (Å²) in [7, 11) is 0. The van der Waals surface area contributed by atoms with Crippen molar-refractivity contribution in [1.29, 1.82) is 0 Å². The molecule has 0 fully saturated rings. The first kappa shape index (κ1) is 10.7. The fourth-order valence-corrected chi connectivity index (χ4v) is 0.625. The average Bonchev–Trinajstić information content (AvgIpc) is 2.29. The van der Waals surface area contributed by atoms with E-state index in [2.05, 4.69) is 9.84 Å². The number of alkyl halides is 5. The molecular weight excluding hydrogens is 218 g/mol. The van der Waals surface area contributed by atoms with Crippen LogP contribution in [-0.2, 0) is 0 Å². The zero-order valence-corrected chi connectivity index (χ0v) is 6.15. The maximum Gasteiger partial charge on any atom is 0.574 e. The van der Waals surface area contributed by atoms with Gasteiger partial charge in [-0.3, -0.25) is 0 Å². The van der Waals surface area contributed by atoms with E-state index >= 15 is 0 Å². The van der Waals surface area contributed by atoms with Crippen molar-refractivity contribution in [3.05, 3.63) is 12.0 Å². The lowest BCUT2D eigenvalue weighted by molar-refractivity contribution is -0.279. The van der Waals surface area contributed by atoms with Crippen LogP contribution in [0, 0.1) is 12.0 Å². The SMILES string of the molecule is Fc1[c]nn(C(F)F)c1OC(F)(F)F. The number of rotatable bonds is 2. The Balaban J connectivity index is 3.00. The van der Waals surface area contributed by atoms with E-state index in [1.165, 1.54) is 6.20 Å². The molecule has 0 aromatic carbocycles. The van der Waals surface area contributed by atoms with Crippen LogP contribution in [0.2, 0.25) is 0 Å². The van der Waals surface area contributed by atoms with Crippen molar-refractivity contribution in [3.63, 3.8) is 0 Å². The first-order valence-electron chi connectivity index (χ1n) is 3.01. The Labute approximate surface area is 72.9 Å². The number of hydrogen-bond acceptors (Lipinski definition) is 2. The van der Waals surface area contributed by atoms with Gasteiger partial charge in [0.05, 0.1) is 0 Å². The van der Waals surface area contributed by atoms with Gasteiger partial charge in [0.1, 0.15) is 0 Å². The molecule has 1 radical (unpaired) electrons. The molecule has 0 saturated carbocycles. The molecule has 0 aliphatic rings. The van der Waals surface area contributed by atoms with Gasteiger partial charge in [-0.15, -0.1) is 13.2 Å². The highest BCUT2D eigenvalue weighted by atomic mass is 19.4. The summed E-state index contributed by atoms with van der Waals surface area (Å²) in [6.07, 6.45) is -3.98. The number of nitrogens with zero attached hydrogens (tertiary/aromatic N) is 2. The number of halogens is 6. The van der Waals surface area contributed by atoms with Crippen molar-refractivity contribution in [3.8, 4) is 5.88 Å². The van der Waals surface area contributed by atoms with Crippen LogP contribution in [0.15, 0.2) is 0 Å². The van der Waals surface area contributed by atoms with Gasteiger partial charge in [-0.25, -0.2) is 0 Å². The van der Waals surface area contributed by atoms with Gasteiger partial charge < -0.3 is 4.74 Å². The minimum atomic E-state index is -5.26. The number of aromatic nitrogens is 2. The van der Waals surface area contributed by atoms with E-state index in [0.717, 1.165) is 0 Å². The summed E-state index contributed by atoms with van der Waals surface area (Å²) in [4.78, 5) is 0. The topological polar surface area (TPSA) is 27.1 Å². The average molecular weight is 219 g/mol. The number of ether oxygens (including phenoxy) is 1. The summed E-state index contributed by atoms with van der Waals surface area (Å²) in [5, 5.41) is 2.54. The van der Waals surface area contributed by atoms with E-state index < -0.39 is 29.3 Å². The molecule has 3 nitrogen and oxygen atoms in total. The van der Waals surface area contributed by atoms with E-state index in [-0.39, 0.29) is 0 Å². The third kappa shape index (κ3) is 2.30. The zero-order valence-electron chi connectivity index (χ0n) is 6.15. The van der Waals surface area contributed by atoms with Gasteiger partial charge in [0, 0.05) is 0 Å². The highest BCUT2D eigenvalue weighted by Crippen LogP contribution is 2.28. The van der Waals surface area contributed by atoms with Crippen LogP contribution in [0.4, 0.5) is 26.3 Å². The van der Waals surface area contributed by atoms with Crippen LogP contribution >= 0.6 is 0 Å². The third-order valence-corrected chi connectivity index (χ3v) is 1.05. The normalized spacial score (nSPS) is 12.2. The molecule has 1 heterocycles. The second kappa shape index (κ2) is 3.39. The zero-order chi connectivity index (χ0) is 10.9. The van der Waals surface area contributed by atoms with Crippen molar-refractivity contribution in [1.82, 2.24) is 9.78 Å². The summed E-state index contributed by atoms with van der Waals surface area (Å²) in [6, 6.07) is 0. The Morgan fingerprint density at radius 2 is 1.93 bits per heavy atom. The molecule has 1 aromatic heterocycles. The molecule has 0 saturated heterocycles. The molecule has 9 heteroatoms. The van der Waals surface area contributed by atoms with Crippen LogP contribution in [0.5, 0.6) is 5.88 Å². The first-order valence-corrected chi connectivity index (χ1v) is 3.01. The molecule has 0 aliphatic carbocycles. The quantitative estimate of drug-likeness (QED) is 0.712. The van der Waals surface area contributed by atoms with Gasteiger partial charge in [0.15, 0.2) is 6.20 Å². The van der Waals surface area contributed by atoms with Crippen LogP contribution in [0.25, 0.3) is 0 Å². The van der Waals surface area contributed by atoms with E-state index in [0.29, 0.717) is 0 Å². The van der Waals surface area contributed by atoms with Gasteiger partial charge in [-0.1, -0.05) is 0 Å². The predicted octanol–water partition coefficient (Wildman–Crippen LogP) is 2.12. The van der Waals surface area contributed by atoms with Crippen molar-refractivity contribution >= 4 is 0 Å². The lowest BCUT2D eigenvalue weighted by Gasteiger charge is -2.09. The molecule has 0 spiro atoms. The lowest BCUT2D eigenvalue weighted by atomic mass is 10.6. The fraction of sp³-hybridized carbons (Fsp3) is 0.400. The molecule has 0 aliphatic heterocycles. The lowest BCUT2D eigenvalue weighted by Crippen LogP contribution is -2.20. The van der Waals surface area contributed by atoms with Gasteiger partial charge >= 0.3 is 12.9 Å². The molecule has 14 heavy (non-hydrogen) atoms. The van der Waals surface area contributed by atoms with E-state index in [1.54, 1.807) is 0 Å². The van der Waals surface area contributed by atoms with E-state index in [1.807, 2.05) is 0 Å². The minimum absolute atomic E-state index is 0.567. The molecule has 0 atom stereocenters. The highest BCUT2D eigenvalue weighted by molar-refractivity contribution is 5.10. The summed E-state index contributed by atoms with van der Waals surface area (Å²) < 4.78 is 73.2. The summed E-state index contributed by atoms with van der Waals surface area (Å²) in [5.74, 6) is -3.45. The molecule has 79 valence electrons. The molecule has 0 bridgehead atoms. The molecule has 0 amide bonds. The molecular formula is C5HF6N2O. The summed E-state index contributed by atoms with van der Waals surface area (Å²) in [5.41, 5.74) is 0. The molecule has 0 N–H and O–H groups in total. The molecule has 1 aromatic rings. The van der Waals surface area contributed by atoms with Gasteiger partial charge in [0.25, 0.3) is 5.88 Å². The predicted molar refractivity (Wildman–Crippen MR) is 29.0 cm³/mol. The van der Waals surface area contributed by atoms with Gasteiger partial charge in [-0.2, -0.15) is 23.0 Å². The van der Waals surface area contributed by atoms with Crippen LogP contribution in [0.1, 0.15) is 6.55 Å². The Bertz CT molecular complexity index is 319. The van der Waals surface area contributed by atoms with Gasteiger partial charge in [-0.05, 0) is 0 Å². The monoisotopic (exact) mass is 219 g/mol. The maximum atomic E-state index is 12.4. The standard InChI is InChI=1S/C5HF6N2O/c6-2-1-12-13(4(7)8)3(2)14-5(9,10)11/h4H. The smallest absolute Gasteiger partial charge is 0.385 e. The Morgan fingerprint density at radius 1 is 1.36 bits per heavy atom. The van der Waals surface area contributed by atoms with Gasteiger partial charge in [0.2, 0.25) is 5.82 Å². The number of hydrogen-bond donors (Lipinski definition) is 0. The summed E-state index contributed by atoms with van der Waals surface area (Å²) >= 11 is 0. The Morgan fingerprint density at radius 3 is 2.36 bits per heavy atom. The first-order chi connectivity index (χ1) is 6.31. The van der Waals surface area contributed by atoms with Crippen LogP contribution in [0.3, 0.4) is 0 Å². The van der Waals surface area contributed by atoms with Crippen molar-refractivity contribution < 1.29 is 31.1 Å². The second-order valence-electron chi connectivity index (χ2n) is 2.00. The largest absolute Gasteiger partial charge is 0.574 e.